The molecule has 1 saturated carbocycles. The Hall–Kier alpha value is -3.13. The standard InChI is InChI=1S/C27H33N3O4S/c1-4-29(21-7-5-6-19(14-21)17(2)3)25(31)16-30-22-12-13-35-24(22)15-23(30)26(32)28-20-10-8-18(9-11-20)27(33)34/h5-7,12-15,17-18,20H,4,8-11,16H2,1-3H3,(H,28,32)(H,33,34). The van der Waals surface area contributed by atoms with Gasteiger partial charge >= 0.3 is 5.97 Å². The summed E-state index contributed by atoms with van der Waals surface area (Å²) in [5.41, 5.74) is 3.37. The summed E-state index contributed by atoms with van der Waals surface area (Å²) in [6, 6.07) is 11.8. The van der Waals surface area contributed by atoms with Crippen LogP contribution in [0.1, 0.15) is 68.4 Å². The fraction of sp³-hybridized carbons (Fsp3) is 0.444. The highest BCUT2D eigenvalue weighted by Crippen LogP contribution is 2.28. The summed E-state index contributed by atoms with van der Waals surface area (Å²) < 4.78 is 2.77. The molecule has 1 fully saturated rings. The molecule has 2 N–H and O–H groups in total. The monoisotopic (exact) mass is 495 g/mol. The van der Waals surface area contributed by atoms with Gasteiger partial charge in [0.2, 0.25) is 5.91 Å². The highest BCUT2D eigenvalue weighted by atomic mass is 32.1. The van der Waals surface area contributed by atoms with Gasteiger partial charge in [-0.25, -0.2) is 0 Å². The average Bonchev–Trinajstić information content (AvgIpc) is 3.43. The van der Waals surface area contributed by atoms with Crippen molar-refractivity contribution in [3.05, 3.63) is 53.0 Å². The number of carbonyl (C=O) groups excluding carboxylic acids is 2. The van der Waals surface area contributed by atoms with Gasteiger partial charge in [-0.3, -0.25) is 14.4 Å². The van der Waals surface area contributed by atoms with Crippen LogP contribution in [0.5, 0.6) is 0 Å². The number of rotatable bonds is 8. The van der Waals surface area contributed by atoms with Gasteiger partial charge in [0.15, 0.2) is 0 Å². The molecule has 0 bridgehead atoms. The lowest BCUT2D eigenvalue weighted by Crippen LogP contribution is -2.40. The summed E-state index contributed by atoms with van der Waals surface area (Å²) in [6.07, 6.45) is 2.42. The first kappa shape index (κ1) is 25.0. The van der Waals surface area contributed by atoms with Crippen LogP contribution in [0, 0.1) is 5.92 Å². The van der Waals surface area contributed by atoms with E-state index in [1.165, 1.54) is 5.56 Å². The number of nitrogens with one attached hydrogen (secondary N) is 1. The maximum atomic E-state index is 13.5. The lowest BCUT2D eigenvalue weighted by atomic mass is 9.86. The van der Waals surface area contributed by atoms with Crippen molar-refractivity contribution in [3.8, 4) is 0 Å². The van der Waals surface area contributed by atoms with Crippen LogP contribution in [0.25, 0.3) is 10.2 Å². The Morgan fingerprint density at radius 3 is 2.54 bits per heavy atom. The molecule has 0 atom stereocenters. The largest absolute Gasteiger partial charge is 0.481 e. The minimum absolute atomic E-state index is 0.0545. The van der Waals surface area contributed by atoms with E-state index in [9.17, 15) is 19.5 Å². The second-order valence-corrected chi connectivity index (χ2v) is 10.5. The van der Waals surface area contributed by atoms with Crippen molar-refractivity contribution in [2.24, 2.45) is 5.92 Å². The van der Waals surface area contributed by atoms with Gasteiger partial charge in [0.25, 0.3) is 5.91 Å². The predicted octanol–water partition coefficient (Wildman–Crippen LogP) is 5.25. The van der Waals surface area contributed by atoms with E-state index in [0.29, 0.717) is 43.8 Å². The minimum Gasteiger partial charge on any atom is -0.481 e. The third-order valence-electron chi connectivity index (χ3n) is 6.93. The smallest absolute Gasteiger partial charge is 0.306 e. The quantitative estimate of drug-likeness (QED) is 0.446. The van der Waals surface area contributed by atoms with Crippen LogP contribution < -0.4 is 10.2 Å². The van der Waals surface area contributed by atoms with Crippen LogP contribution in [0.15, 0.2) is 41.8 Å². The molecular weight excluding hydrogens is 462 g/mol. The summed E-state index contributed by atoms with van der Waals surface area (Å²) in [5.74, 6) is -1.02. The fourth-order valence-corrected chi connectivity index (χ4v) is 5.68. The van der Waals surface area contributed by atoms with Crippen molar-refractivity contribution < 1.29 is 19.5 Å². The van der Waals surface area contributed by atoms with E-state index in [4.69, 9.17) is 0 Å². The molecule has 2 heterocycles. The summed E-state index contributed by atoms with van der Waals surface area (Å²) in [5, 5.41) is 14.3. The molecule has 7 nitrogen and oxygen atoms in total. The Balaban J connectivity index is 1.54. The van der Waals surface area contributed by atoms with Gasteiger partial charge in [-0.15, -0.1) is 11.3 Å². The van der Waals surface area contributed by atoms with Gasteiger partial charge in [0.05, 0.1) is 16.1 Å². The first-order valence-electron chi connectivity index (χ1n) is 12.3. The van der Waals surface area contributed by atoms with Crippen molar-refractivity contribution in [1.29, 1.82) is 0 Å². The Bertz CT molecular complexity index is 1220. The number of fused-ring (bicyclic) bond motifs is 1. The Kier molecular flexibility index (Phi) is 7.60. The van der Waals surface area contributed by atoms with E-state index in [2.05, 4.69) is 31.3 Å². The number of benzene rings is 1. The van der Waals surface area contributed by atoms with E-state index in [-0.39, 0.29) is 30.3 Å². The number of carbonyl (C=O) groups is 3. The van der Waals surface area contributed by atoms with Crippen LogP contribution in [-0.2, 0) is 16.1 Å². The second kappa shape index (κ2) is 10.6. The number of nitrogens with zero attached hydrogens (tertiary/aromatic N) is 2. The first-order chi connectivity index (χ1) is 16.8. The normalized spacial score (nSPS) is 18.1. The number of hydrogen-bond donors (Lipinski definition) is 2. The number of anilines is 1. The van der Waals surface area contributed by atoms with Gasteiger partial charge in [0.1, 0.15) is 12.2 Å². The van der Waals surface area contributed by atoms with Crippen LogP contribution in [0.2, 0.25) is 0 Å². The number of amides is 2. The predicted molar refractivity (Wildman–Crippen MR) is 139 cm³/mol. The minimum atomic E-state index is -0.762. The zero-order chi connectivity index (χ0) is 25.1. The molecule has 4 rings (SSSR count). The SMILES string of the molecule is CCN(C(=O)Cn1c(C(=O)NC2CCC(C(=O)O)CC2)cc2sccc21)c1cccc(C(C)C)c1. The highest BCUT2D eigenvalue weighted by molar-refractivity contribution is 7.17. The third-order valence-corrected chi connectivity index (χ3v) is 7.78. The Morgan fingerprint density at radius 2 is 1.89 bits per heavy atom. The molecule has 1 aromatic carbocycles. The number of thiophene rings is 1. The molecule has 0 aliphatic heterocycles. The van der Waals surface area contributed by atoms with Crippen molar-refractivity contribution in [2.75, 3.05) is 11.4 Å². The van der Waals surface area contributed by atoms with Crippen molar-refractivity contribution in [2.45, 2.75) is 65.0 Å². The van der Waals surface area contributed by atoms with E-state index < -0.39 is 5.97 Å². The third kappa shape index (κ3) is 5.42. The van der Waals surface area contributed by atoms with E-state index >= 15 is 0 Å². The topological polar surface area (TPSA) is 91.6 Å². The molecule has 0 radical (unpaired) electrons. The van der Waals surface area contributed by atoms with Gasteiger partial charge in [0, 0.05) is 18.3 Å². The average molecular weight is 496 g/mol. The number of aromatic nitrogens is 1. The number of carboxylic acid groups (broad SMARTS) is 1. The first-order valence-corrected chi connectivity index (χ1v) is 13.2. The van der Waals surface area contributed by atoms with Crippen LogP contribution >= 0.6 is 11.3 Å². The molecule has 8 heteroatoms. The molecule has 1 aliphatic rings. The second-order valence-electron chi connectivity index (χ2n) is 9.53. The molecule has 2 aromatic heterocycles. The summed E-state index contributed by atoms with van der Waals surface area (Å²) in [7, 11) is 0. The maximum Gasteiger partial charge on any atom is 0.306 e. The van der Waals surface area contributed by atoms with Crippen molar-refractivity contribution >= 4 is 45.0 Å². The van der Waals surface area contributed by atoms with E-state index in [1.807, 2.05) is 36.6 Å². The molecule has 3 aromatic rings. The summed E-state index contributed by atoms with van der Waals surface area (Å²) in [4.78, 5) is 39.7. The van der Waals surface area contributed by atoms with Gasteiger partial charge < -0.3 is 19.9 Å². The highest BCUT2D eigenvalue weighted by Gasteiger charge is 2.28. The van der Waals surface area contributed by atoms with Gasteiger partial charge in [-0.2, -0.15) is 0 Å². The molecule has 0 spiro atoms. The number of likely N-dealkylation sites (N-methyl/N-ethyl adjacent to an activating group) is 1. The molecule has 2 amide bonds. The lowest BCUT2D eigenvalue weighted by Gasteiger charge is -2.27. The zero-order valence-corrected chi connectivity index (χ0v) is 21.3. The van der Waals surface area contributed by atoms with Gasteiger partial charge in [-0.1, -0.05) is 26.0 Å². The molecule has 0 saturated heterocycles. The number of hydrogen-bond acceptors (Lipinski definition) is 4. The molecule has 35 heavy (non-hydrogen) atoms. The van der Waals surface area contributed by atoms with Crippen LogP contribution in [-0.4, -0.2) is 40.0 Å². The Morgan fingerprint density at radius 1 is 1.14 bits per heavy atom. The Labute approximate surface area is 209 Å². The fourth-order valence-electron chi connectivity index (χ4n) is 4.85. The molecule has 1 aliphatic carbocycles. The van der Waals surface area contributed by atoms with E-state index in [0.717, 1.165) is 15.9 Å². The lowest BCUT2D eigenvalue weighted by molar-refractivity contribution is -0.142. The van der Waals surface area contributed by atoms with Crippen molar-refractivity contribution in [3.63, 3.8) is 0 Å². The number of carboxylic acids is 1. The van der Waals surface area contributed by atoms with Gasteiger partial charge in [-0.05, 0) is 73.7 Å². The van der Waals surface area contributed by atoms with Crippen LogP contribution in [0.4, 0.5) is 5.69 Å². The molecular formula is C27H33N3O4S. The van der Waals surface area contributed by atoms with E-state index in [1.54, 1.807) is 20.8 Å². The number of aliphatic carboxylic acids is 1. The zero-order valence-electron chi connectivity index (χ0n) is 20.5. The molecule has 186 valence electrons. The summed E-state index contributed by atoms with van der Waals surface area (Å²) in [6.45, 7) is 6.81. The summed E-state index contributed by atoms with van der Waals surface area (Å²) >= 11 is 1.54. The molecule has 0 unspecified atom stereocenters. The maximum absolute atomic E-state index is 13.5. The van der Waals surface area contributed by atoms with Crippen LogP contribution in [0.3, 0.4) is 0 Å². The van der Waals surface area contributed by atoms with Crippen molar-refractivity contribution in [1.82, 2.24) is 9.88 Å².